The lowest BCUT2D eigenvalue weighted by atomic mass is 9.90. The molecule has 1 aromatic heterocycles. The number of sulfonamides is 1. The molecule has 1 fully saturated rings. The average molecular weight is 382 g/mol. The number of rotatable bonds is 5. The van der Waals surface area contributed by atoms with Crippen LogP contribution in [-0.2, 0) is 10.0 Å². The summed E-state index contributed by atoms with van der Waals surface area (Å²) in [6, 6.07) is 2.13. The monoisotopic (exact) mass is 381 g/mol. The Morgan fingerprint density at radius 2 is 2.40 bits per heavy atom. The van der Waals surface area contributed by atoms with Crippen LogP contribution < -0.4 is 11.3 Å². The lowest BCUT2D eigenvalue weighted by molar-refractivity contribution is 0.238. The Hall–Kier alpha value is 0.01000. The van der Waals surface area contributed by atoms with Gasteiger partial charge >= 0.3 is 0 Å². The topological polar surface area (TPSA) is 75.4 Å². The molecule has 0 saturated carbocycles. The van der Waals surface area contributed by atoms with E-state index in [1.807, 2.05) is 0 Å². The molecule has 5 nitrogen and oxygen atoms in total. The van der Waals surface area contributed by atoms with Crippen molar-refractivity contribution in [2.45, 2.75) is 25.3 Å². The molecule has 0 aromatic carbocycles. The van der Waals surface area contributed by atoms with Crippen molar-refractivity contribution in [2.75, 3.05) is 19.3 Å². The molecule has 2 rings (SSSR count). The summed E-state index contributed by atoms with van der Waals surface area (Å²) in [7, 11) is -3.09. The number of halogens is 1. The van der Waals surface area contributed by atoms with Crippen LogP contribution in [0.1, 0.15) is 30.9 Å². The van der Waals surface area contributed by atoms with Crippen LogP contribution >= 0.6 is 27.3 Å². The van der Waals surface area contributed by atoms with Gasteiger partial charge in [0.15, 0.2) is 0 Å². The van der Waals surface area contributed by atoms with Crippen molar-refractivity contribution in [3.8, 4) is 0 Å². The van der Waals surface area contributed by atoms with Crippen molar-refractivity contribution in [3.63, 3.8) is 0 Å². The molecule has 2 heterocycles. The fourth-order valence-electron chi connectivity index (χ4n) is 2.66. The zero-order valence-electron chi connectivity index (χ0n) is 11.4. The second kappa shape index (κ2) is 6.85. The number of hydrogen-bond acceptors (Lipinski definition) is 5. The normalized spacial score (nSPS) is 22.9. The second-order valence-electron chi connectivity index (χ2n) is 5.27. The van der Waals surface area contributed by atoms with Crippen molar-refractivity contribution in [2.24, 2.45) is 11.8 Å². The van der Waals surface area contributed by atoms with Crippen molar-refractivity contribution >= 4 is 37.3 Å². The third-order valence-corrected chi connectivity index (χ3v) is 6.50. The Balaban J connectivity index is 2.01. The van der Waals surface area contributed by atoms with E-state index in [1.165, 1.54) is 6.26 Å². The SMILES string of the molecule is CS(=O)(=O)N1CCCC(CC(NN)c2csc(Br)c2)C1. The van der Waals surface area contributed by atoms with Crippen LogP contribution in [0, 0.1) is 5.92 Å². The summed E-state index contributed by atoms with van der Waals surface area (Å²) in [5.41, 5.74) is 4.00. The molecular weight excluding hydrogens is 362 g/mol. The van der Waals surface area contributed by atoms with E-state index < -0.39 is 10.0 Å². The molecule has 2 atom stereocenters. The zero-order valence-corrected chi connectivity index (χ0v) is 14.6. The Bertz CT molecular complexity index is 547. The average Bonchev–Trinajstić information content (AvgIpc) is 2.82. The molecule has 1 saturated heterocycles. The van der Waals surface area contributed by atoms with E-state index in [0.717, 1.165) is 28.6 Å². The fourth-order valence-corrected chi connectivity index (χ4v) is 4.83. The van der Waals surface area contributed by atoms with Gasteiger partial charge in [0.1, 0.15) is 0 Å². The van der Waals surface area contributed by atoms with Crippen molar-refractivity contribution in [3.05, 3.63) is 20.8 Å². The van der Waals surface area contributed by atoms with E-state index in [4.69, 9.17) is 5.84 Å². The Morgan fingerprint density at radius 3 is 2.95 bits per heavy atom. The Morgan fingerprint density at radius 1 is 1.65 bits per heavy atom. The first-order valence-corrected chi connectivity index (χ1v) is 10.1. The third-order valence-electron chi connectivity index (χ3n) is 3.71. The number of hydrogen-bond donors (Lipinski definition) is 2. The smallest absolute Gasteiger partial charge is 0.211 e. The highest BCUT2D eigenvalue weighted by molar-refractivity contribution is 9.11. The molecular formula is C12H20BrN3O2S2. The van der Waals surface area contributed by atoms with Crippen LogP contribution in [0.4, 0.5) is 0 Å². The predicted molar refractivity (Wildman–Crippen MR) is 85.8 cm³/mol. The van der Waals surface area contributed by atoms with Gasteiger partial charge in [-0.3, -0.25) is 11.3 Å². The quantitative estimate of drug-likeness (QED) is 0.604. The summed E-state index contributed by atoms with van der Waals surface area (Å²) in [4.78, 5) is 0. The summed E-state index contributed by atoms with van der Waals surface area (Å²) in [5.74, 6) is 6.00. The number of nitrogens with zero attached hydrogens (tertiary/aromatic N) is 1. The molecule has 1 aliphatic heterocycles. The third kappa shape index (κ3) is 4.25. The van der Waals surface area contributed by atoms with Gasteiger partial charge in [0.25, 0.3) is 0 Å². The van der Waals surface area contributed by atoms with E-state index in [9.17, 15) is 8.42 Å². The minimum Gasteiger partial charge on any atom is -0.271 e. The molecule has 0 bridgehead atoms. The fraction of sp³-hybridized carbons (Fsp3) is 0.667. The molecule has 0 spiro atoms. The number of thiophene rings is 1. The van der Waals surface area contributed by atoms with Crippen LogP contribution in [0.5, 0.6) is 0 Å². The van der Waals surface area contributed by atoms with Gasteiger partial charge in [0, 0.05) is 19.1 Å². The minimum atomic E-state index is -3.09. The van der Waals surface area contributed by atoms with E-state index in [-0.39, 0.29) is 6.04 Å². The molecule has 114 valence electrons. The van der Waals surface area contributed by atoms with Crippen LogP contribution in [-0.4, -0.2) is 32.1 Å². The largest absolute Gasteiger partial charge is 0.271 e. The molecule has 1 aliphatic rings. The summed E-state index contributed by atoms with van der Waals surface area (Å²) in [6.07, 6.45) is 4.10. The molecule has 20 heavy (non-hydrogen) atoms. The van der Waals surface area contributed by atoms with Crippen LogP contribution in [0.3, 0.4) is 0 Å². The lowest BCUT2D eigenvalue weighted by Crippen LogP contribution is -2.41. The van der Waals surface area contributed by atoms with Crippen LogP contribution in [0.25, 0.3) is 0 Å². The second-order valence-corrected chi connectivity index (χ2v) is 9.54. The highest BCUT2D eigenvalue weighted by Gasteiger charge is 2.28. The summed E-state index contributed by atoms with van der Waals surface area (Å²) >= 11 is 5.08. The van der Waals surface area contributed by atoms with Crippen LogP contribution in [0.2, 0.25) is 0 Å². The van der Waals surface area contributed by atoms with Gasteiger partial charge in [-0.05, 0) is 58.1 Å². The van der Waals surface area contributed by atoms with Gasteiger partial charge in [-0.2, -0.15) is 0 Å². The van der Waals surface area contributed by atoms with Gasteiger partial charge in [-0.15, -0.1) is 11.3 Å². The molecule has 0 amide bonds. The van der Waals surface area contributed by atoms with Crippen LogP contribution in [0.15, 0.2) is 15.2 Å². The molecule has 8 heteroatoms. The van der Waals surface area contributed by atoms with Gasteiger partial charge in [-0.25, -0.2) is 12.7 Å². The zero-order chi connectivity index (χ0) is 14.8. The standard InChI is InChI=1S/C12H20BrN3O2S2/c1-20(17,18)16-4-2-3-9(7-16)5-11(15-14)10-6-12(13)19-8-10/h6,8-9,11,15H,2-5,7,14H2,1H3. The van der Waals surface area contributed by atoms with Crippen molar-refractivity contribution in [1.29, 1.82) is 0 Å². The highest BCUT2D eigenvalue weighted by Crippen LogP contribution is 2.31. The van der Waals surface area contributed by atoms with Gasteiger partial charge in [0.05, 0.1) is 10.0 Å². The molecule has 0 aliphatic carbocycles. The first-order valence-electron chi connectivity index (χ1n) is 6.55. The van der Waals surface area contributed by atoms with E-state index >= 15 is 0 Å². The highest BCUT2D eigenvalue weighted by atomic mass is 79.9. The van der Waals surface area contributed by atoms with Crippen molar-refractivity contribution in [1.82, 2.24) is 9.73 Å². The number of piperidine rings is 1. The number of nitrogens with one attached hydrogen (secondary N) is 1. The Kier molecular flexibility index (Phi) is 5.61. The van der Waals surface area contributed by atoms with Gasteiger partial charge in [0.2, 0.25) is 10.0 Å². The van der Waals surface area contributed by atoms with E-state index in [0.29, 0.717) is 19.0 Å². The molecule has 0 radical (unpaired) electrons. The number of nitrogens with two attached hydrogens (primary N) is 1. The van der Waals surface area contributed by atoms with Gasteiger partial charge in [-0.1, -0.05) is 0 Å². The van der Waals surface area contributed by atoms with Gasteiger partial charge < -0.3 is 0 Å². The van der Waals surface area contributed by atoms with E-state index in [2.05, 4.69) is 32.8 Å². The van der Waals surface area contributed by atoms with Crippen molar-refractivity contribution < 1.29 is 8.42 Å². The first kappa shape index (κ1) is 16.4. The minimum absolute atomic E-state index is 0.0714. The summed E-state index contributed by atoms with van der Waals surface area (Å²) in [5, 5.41) is 2.08. The predicted octanol–water partition coefficient (Wildman–Crippen LogP) is 2.08. The summed E-state index contributed by atoms with van der Waals surface area (Å²) in [6.45, 7) is 1.24. The number of hydrazine groups is 1. The maximum absolute atomic E-state index is 11.6. The Labute approximate surface area is 132 Å². The molecule has 3 N–H and O–H groups in total. The lowest BCUT2D eigenvalue weighted by Gasteiger charge is -2.32. The molecule has 2 unspecified atom stereocenters. The maximum atomic E-state index is 11.6. The summed E-state index contributed by atoms with van der Waals surface area (Å²) < 4.78 is 25.9. The molecule has 1 aromatic rings. The maximum Gasteiger partial charge on any atom is 0.211 e. The van der Waals surface area contributed by atoms with E-state index in [1.54, 1.807) is 15.6 Å². The first-order chi connectivity index (χ1) is 9.40.